The van der Waals surface area contributed by atoms with Crippen molar-refractivity contribution >= 4 is 29.0 Å². The molecule has 3 fully saturated rings. The first-order valence-corrected chi connectivity index (χ1v) is 16.7. The molecular formula is C36H39F3N4O6. The third-order valence-corrected chi connectivity index (χ3v) is 11.6. The van der Waals surface area contributed by atoms with E-state index in [0.717, 1.165) is 30.0 Å². The molecule has 13 heteroatoms. The smallest absolute Gasteiger partial charge is 0.417 e. The second kappa shape index (κ2) is 11.6. The number of nitrogens with two attached hydrogens (primary N) is 1. The van der Waals surface area contributed by atoms with E-state index in [-0.39, 0.29) is 24.6 Å². The third kappa shape index (κ3) is 5.23. The summed E-state index contributed by atoms with van der Waals surface area (Å²) in [5, 5.41) is 31.7. The number of alkyl halides is 3. The lowest BCUT2D eigenvalue weighted by Crippen LogP contribution is -2.73. The number of nitrogens with one attached hydrogen (secondary N) is 1. The summed E-state index contributed by atoms with van der Waals surface area (Å²) in [5.74, 6) is -10.6. The Bertz CT molecular complexity index is 1780. The van der Waals surface area contributed by atoms with E-state index in [9.17, 15) is 29.4 Å². The molecule has 5 N–H and O–H groups in total. The van der Waals surface area contributed by atoms with Crippen molar-refractivity contribution in [3.63, 3.8) is 0 Å². The second-order valence-corrected chi connectivity index (χ2v) is 14.8. The first-order valence-electron chi connectivity index (χ1n) is 16.7. The topological polar surface area (TPSA) is 165 Å². The van der Waals surface area contributed by atoms with Crippen LogP contribution in [0, 0.1) is 35.0 Å². The van der Waals surface area contributed by atoms with Crippen LogP contribution in [0.3, 0.4) is 0 Å². The number of hydrogen-bond acceptors (Lipinski definition) is 9. The van der Waals surface area contributed by atoms with E-state index in [2.05, 4.69) is 4.90 Å². The Hall–Kier alpha value is -3.94. The fraction of sp³-hybridized carbons (Fsp3) is 0.528. The molecule has 5 aliphatic rings. The van der Waals surface area contributed by atoms with E-state index in [4.69, 9.17) is 11.1 Å². The zero-order valence-electron chi connectivity index (χ0n) is 27.2. The summed E-state index contributed by atoms with van der Waals surface area (Å²) in [6.07, 6.45) is -2.22. The lowest BCUT2D eigenvalue weighted by Gasteiger charge is -2.53. The van der Waals surface area contributed by atoms with Crippen molar-refractivity contribution in [2.24, 2.45) is 35.3 Å². The number of nitrogens with zero attached hydrogens (tertiary/aromatic N) is 2. The number of phenolic OH excluding ortho intramolecular Hbond substituents is 1. The predicted octanol–water partition coefficient (Wildman–Crippen LogP) is 2.72. The van der Waals surface area contributed by atoms with Gasteiger partial charge >= 0.3 is 6.18 Å². The summed E-state index contributed by atoms with van der Waals surface area (Å²) in [6, 6.07) is 7.62. The standard InChI is InChI=1S/C36H39F3N4O6/c1-42(2)29-23-12-19-11-22-26(30(45)25(19)33(47)35(23,49)32(40)27(31(29)46)34(41)48)24(44)13-20(28(22)36(37,38)39)15-43(14-16-7-8-16)21-9-17-5-3-4-6-18(17)10-21/h3-6,13,16,19,21,23,25,27,29,40,44,49H,7-12,14-15H2,1-2H3,(H2,41,48). The van der Waals surface area contributed by atoms with Crippen molar-refractivity contribution in [2.45, 2.75) is 68.9 Å². The third-order valence-electron chi connectivity index (χ3n) is 11.6. The quantitative estimate of drug-likeness (QED) is 0.324. The summed E-state index contributed by atoms with van der Waals surface area (Å²) in [6.45, 7) is 0.502. The molecule has 49 heavy (non-hydrogen) atoms. The SMILES string of the molecule is CN(C)C1C(=O)C(C(N)=O)C(=N)C2(O)C(=O)C3C(=O)c4c(O)cc(CN(CC5CC5)C5Cc6ccccc6C5)c(C(F)(F)F)c4CC3CC12. The molecular weight excluding hydrogens is 641 g/mol. The van der Waals surface area contributed by atoms with Gasteiger partial charge in [-0.05, 0) is 92.8 Å². The van der Waals surface area contributed by atoms with Gasteiger partial charge in [0.15, 0.2) is 23.0 Å². The van der Waals surface area contributed by atoms with Gasteiger partial charge in [-0.2, -0.15) is 13.2 Å². The van der Waals surface area contributed by atoms with Crippen molar-refractivity contribution < 1.29 is 42.6 Å². The molecule has 1 amide bonds. The van der Waals surface area contributed by atoms with Crippen LogP contribution in [-0.2, 0) is 46.4 Å². The van der Waals surface area contributed by atoms with Gasteiger partial charge in [-0.3, -0.25) is 29.0 Å². The Balaban J connectivity index is 1.30. The molecule has 0 aromatic heterocycles. The van der Waals surface area contributed by atoms with E-state index in [1.54, 1.807) is 0 Å². The number of benzene rings is 2. The summed E-state index contributed by atoms with van der Waals surface area (Å²) >= 11 is 0. The molecule has 3 saturated carbocycles. The predicted molar refractivity (Wildman–Crippen MR) is 170 cm³/mol. The minimum absolute atomic E-state index is 0.0386. The summed E-state index contributed by atoms with van der Waals surface area (Å²) in [5.41, 5.74) is 1.88. The number of halogens is 3. The van der Waals surface area contributed by atoms with E-state index in [0.29, 0.717) is 25.3 Å². The summed E-state index contributed by atoms with van der Waals surface area (Å²) < 4.78 is 45.6. The van der Waals surface area contributed by atoms with Crippen LogP contribution < -0.4 is 5.73 Å². The highest BCUT2D eigenvalue weighted by Gasteiger charge is 2.68. The summed E-state index contributed by atoms with van der Waals surface area (Å²) in [4.78, 5) is 57.4. The molecule has 10 nitrogen and oxygen atoms in total. The molecule has 0 aliphatic heterocycles. The minimum Gasteiger partial charge on any atom is -0.507 e. The van der Waals surface area contributed by atoms with E-state index < -0.39 is 99.3 Å². The Labute approximate surface area is 280 Å². The number of hydrogen-bond donors (Lipinski definition) is 4. The number of fused-ring (bicyclic) bond motifs is 4. The van der Waals surface area contributed by atoms with Gasteiger partial charge in [0.1, 0.15) is 11.7 Å². The van der Waals surface area contributed by atoms with Crippen LogP contribution in [0.25, 0.3) is 0 Å². The van der Waals surface area contributed by atoms with Crippen LogP contribution in [0.4, 0.5) is 13.2 Å². The van der Waals surface area contributed by atoms with Gasteiger partial charge in [-0.25, -0.2) is 0 Å². The van der Waals surface area contributed by atoms with E-state index in [1.807, 2.05) is 24.3 Å². The van der Waals surface area contributed by atoms with Crippen LogP contribution in [0.2, 0.25) is 0 Å². The van der Waals surface area contributed by atoms with Crippen molar-refractivity contribution in [1.82, 2.24) is 9.80 Å². The molecule has 6 unspecified atom stereocenters. The zero-order chi connectivity index (χ0) is 35.3. The molecule has 5 aliphatic carbocycles. The van der Waals surface area contributed by atoms with Gasteiger partial charge in [0, 0.05) is 25.0 Å². The number of Topliss-reactive ketones (excluding diaryl/α,β-unsaturated/α-hetero) is 3. The molecule has 0 saturated heterocycles. The Morgan fingerprint density at radius 3 is 2.27 bits per heavy atom. The minimum atomic E-state index is -4.91. The van der Waals surface area contributed by atoms with Crippen molar-refractivity contribution in [2.75, 3.05) is 20.6 Å². The fourth-order valence-corrected chi connectivity index (χ4v) is 9.26. The number of aromatic hydroxyl groups is 1. The summed E-state index contributed by atoms with van der Waals surface area (Å²) in [7, 11) is 2.96. The van der Waals surface area contributed by atoms with Crippen LogP contribution in [-0.4, -0.2) is 87.3 Å². The number of rotatable bonds is 7. The maximum Gasteiger partial charge on any atom is 0.417 e. The second-order valence-electron chi connectivity index (χ2n) is 14.8. The maximum absolute atomic E-state index is 15.2. The highest BCUT2D eigenvalue weighted by molar-refractivity contribution is 6.33. The Kier molecular flexibility index (Phi) is 7.92. The molecule has 2 aromatic rings. The number of primary amides is 1. The van der Waals surface area contributed by atoms with Crippen LogP contribution >= 0.6 is 0 Å². The number of likely N-dealkylation sites (N-methyl/N-ethyl adjacent to an activating group) is 1. The number of amides is 1. The molecule has 6 atom stereocenters. The highest BCUT2D eigenvalue weighted by atomic mass is 19.4. The highest BCUT2D eigenvalue weighted by Crippen LogP contribution is 2.53. The fourth-order valence-electron chi connectivity index (χ4n) is 9.26. The largest absolute Gasteiger partial charge is 0.507 e. The first-order chi connectivity index (χ1) is 23.0. The normalized spacial score (nSPS) is 30.0. The monoisotopic (exact) mass is 680 g/mol. The van der Waals surface area contributed by atoms with Crippen molar-refractivity contribution in [3.05, 3.63) is 63.7 Å². The van der Waals surface area contributed by atoms with Gasteiger partial charge in [-0.1, -0.05) is 24.3 Å². The average Bonchev–Trinajstić information content (AvgIpc) is 3.71. The van der Waals surface area contributed by atoms with Crippen LogP contribution in [0.5, 0.6) is 5.75 Å². The average molecular weight is 681 g/mol. The maximum atomic E-state index is 15.2. The van der Waals surface area contributed by atoms with Gasteiger partial charge < -0.3 is 21.4 Å². The Morgan fingerprint density at radius 1 is 1.08 bits per heavy atom. The van der Waals surface area contributed by atoms with Gasteiger partial charge in [-0.15, -0.1) is 0 Å². The number of phenols is 1. The van der Waals surface area contributed by atoms with Gasteiger partial charge in [0.2, 0.25) is 5.91 Å². The molecule has 0 spiro atoms. The van der Waals surface area contributed by atoms with E-state index in [1.165, 1.54) is 19.0 Å². The van der Waals surface area contributed by atoms with Gasteiger partial charge in [0.25, 0.3) is 0 Å². The molecule has 2 aromatic carbocycles. The molecule has 0 bridgehead atoms. The van der Waals surface area contributed by atoms with Crippen molar-refractivity contribution in [3.8, 4) is 5.75 Å². The number of carbonyl (C=O) groups excluding carboxylic acids is 4. The molecule has 0 radical (unpaired) electrons. The Morgan fingerprint density at radius 2 is 1.71 bits per heavy atom. The van der Waals surface area contributed by atoms with Gasteiger partial charge in [0.05, 0.1) is 28.8 Å². The lowest BCUT2D eigenvalue weighted by molar-refractivity contribution is -0.157. The first kappa shape index (κ1) is 33.6. The number of ketones is 3. The lowest BCUT2D eigenvalue weighted by atomic mass is 9.52. The molecule has 0 heterocycles. The van der Waals surface area contributed by atoms with Crippen LogP contribution in [0.15, 0.2) is 30.3 Å². The number of aliphatic hydroxyl groups is 1. The van der Waals surface area contributed by atoms with E-state index >= 15 is 13.2 Å². The van der Waals surface area contributed by atoms with Crippen LogP contribution in [0.1, 0.15) is 57.4 Å². The number of carbonyl (C=O) groups is 4. The van der Waals surface area contributed by atoms with Crippen molar-refractivity contribution in [1.29, 1.82) is 5.41 Å². The molecule has 260 valence electrons. The molecule has 7 rings (SSSR count). The zero-order valence-corrected chi connectivity index (χ0v) is 27.2.